The molecule has 8 heteroatoms. The van der Waals surface area contributed by atoms with Crippen molar-refractivity contribution in [2.45, 2.75) is 24.8 Å². The smallest absolute Gasteiger partial charge is 0.264 e. The monoisotopic (exact) mass is 447 g/mol. The van der Waals surface area contributed by atoms with Crippen LogP contribution in [-0.4, -0.2) is 25.2 Å². The second-order valence-corrected chi connectivity index (χ2v) is 9.45. The first-order valence-corrected chi connectivity index (χ1v) is 11.7. The number of nitrogens with zero attached hydrogens (tertiary/aromatic N) is 3. The lowest BCUT2D eigenvalue weighted by atomic mass is 10.2. The molecule has 0 N–H and O–H groups in total. The maximum absolute atomic E-state index is 13.3. The molecule has 0 saturated carbocycles. The fourth-order valence-corrected chi connectivity index (χ4v) is 5.30. The van der Waals surface area contributed by atoms with Crippen LogP contribution in [0.1, 0.15) is 17.0 Å². The first-order valence-electron chi connectivity index (χ1n) is 10.2. The highest BCUT2D eigenvalue weighted by atomic mass is 32.2. The lowest BCUT2D eigenvalue weighted by Gasteiger charge is -2.19. The van der Waals surface area contributed by atoms with Gasteiger partial charge in [0.25, 0.3) is 15.9 Å². The molecule has 4 aromatic rings. The van der Waals surface area contributed by atoms with Crippen LogP contribution in [0.15, 0.2) is 82.1 Å². The molecule has 0 spiro atoms. The van der Waals surface area contributed by atoms with Gasteiger partial charge in [0.2, 0.25) is 5.89 Å². The fourth-order valence-electron chi connectivity index (χ4n) is 3.75. The number of sulfonamides is 1. The Bertz CT molecular complexity index is 1380. The van der Waals surface area contributed by atoms with Crippen molar-refractivity contribution in [3.8, 4) is 17.2 Å². The number of hydrogen-bond donors (Lipinski definition) is 0. The summed E-state index contributed by atoms with van der Waals surface area (Å²) >= 11 is 0. The first kappa shape index (κ1) is 20.3. The Morgan fingerprint density at radius 3 is 2.72 bits per heavy atom. The van der Waals surface area contributed by atoms with Gasteiger partial charge in [0.05, 0.1) is 10.6 Å². The maximum Gasteiger partial charge on any atom is 0.264 e. The summed E-state index contributed by atoms with van der Waals surface area (Å²) in [4.78, 5) is 0.183. The molecule has 3 aromatic carbocycles. The molecule has 0 radical (unpaired) electrons. The molecule has 0 amide bonds. The summed E-state index contributed by atoms with van der Waals surface area (Å²) in [7, 11) is -3.71. The van der Waals surface area contributed by atoms with Crippen LogP contribution in [0.4, 0.5) is 5.69 Å². The highest BCUT2D eigenvalue weighted by molar-refractivity contribution is 7.92. The van der Waals surface area contributed by atoms with Gasteiger partial charge in [-0.3, -0.25) is 4.31 Å². The van der Waals surface area contributed by atoms with E-state index in [1.54, 1.807) is 24.3 Å². The van der Waals surface area contributed by atoms with Crippen molar-refractivity contribution < 1.29 is 17.6 Å². The van der Waals surface area contributed by atoms with Crippen LogP contribution in [0.3, 0.4) is 0 Å². The molecular weight excluding hydrogens is 426 g/mol. The molecular formula is C24H21N3O4S. The summed E-state index contributed by atoms with van der Waals surface area (Å²) in [5.41, 5.74) is 3.38. The highest BCUT2D eigenvalue weighted by Gasteiger charge is 2.30. The SMILES string of the molecule is Cc1cccc(OCc2nnc(-c3cccc(S(=O)(=O)N4CCc5ccccc54)c3)o2)c1. The lowest BCUT2D eigenvalue weighted by molar-refractivity contribution is 0.264. The predicted molar refractivity (Wildman–Crippen MR) is 120 cm³/mol. The first-order chi connectivity index (χ1) is 15.5. The number of anilines is 1. The second-order valence-electron chi connectivity index (χ2n) is 7.59. The molecule has 0 unspecified atom stereocenters. The van der Waals surface area contributed by atoms with Crippen molar-refractivity contribution in [2.24, 2.45) is 0 Å². The Kier molecular flexibility index (Phi) is 5.14. The summed E-state index contributed by atoms with van der Waals surface area (Å²) in [6.07, 6.45) is 0.697. The van der Waals surface area contributed by atoms with E-state index in [0.29, 0.717) is 30.2 Å². The Labute approximate surface area is 186 Å². The van der Waals surface area contributed by atoms with E-state index in [1.807, 2.05) is 55.5 Å². The summed E-state index contributed by atoms with van der Waals surface area (Å²) in [5, 5.41) is 8.10. The van der Waals surface area contributed by atoms with E-state index in [4.69, 9.17) is 9.15 Å². The molecule has 5 rings (SSSR count). The number of ether oxygens (including phenoxy) is 1. The number of hydrogen-bond acceptors (Lipinski definition) is 6. The minimum Gasteiger partial charge on any atom is -0.484 e. The molecule has 1 aliphatic heterocycles. The molecule has 0 atom stereocenters. The summed E-state index contributed by atoms with van der Waals surface area (Å²) in [5.74, 6) is 1.26. The predicted octanol–water partition coefficient (Wildman–Crippen LogP) is 4.38. The Morgan fingerprint density at radius 1 is 1.00 bits per heavy atom. The van der Waals surface area contributed by atoms with Crippen LogP contribution in [0, 0.1) is 6.92 Å². The van der Waals surface area contributed by atoms with Crippen LogP contribution in [0.25, 0.3) is 11.5 Å². The van der Waals surface area contributed by atoms with Crippen LogP contribution >= 0.6 is 0 Å². The van der Waals surface area contributed by atoms with E-state index in [2.05, 4.69) is 10.2 Å². The lowest BCUT2D eigenvalue weighted by Crippen LogP contribution is -2.29. The van der Waals surface area contributed by atoms with E-state index in [0.717, 1.165) is 16.8 Å². The van der Waals surface area contributed by atoms with Gasteiger partial charge in [-0.05, 0) is 60.9 Å². The minimum absolute atomic E-state index is 0.124. The van der Waals surface area contributed by atoms with Crippen LogP contribution in [-0.2, 0) is 23.1 Å². The van der Waals surface area contributed by atoms with Gasteiger partial charge in [0.1, 0.15) is 5.75 Å². The Morgan fingerprint density at radius 2 is 1.84 bits per heavy atom. The Hall–Kier alpha value is -3.65. The molecule has 1 aliphatic rings. The third-order valence-corrected chi connectivity index (χ3v) is 7.14. The molecule has 0 bridgehead atoms. The van der Waals surface area contributed by atoms with E-state index in [-0.39, 0.29) is 17.4 Å². The third kappa shape index (κ3) is 3.85. The van der Waals surface area contributed by atoms with Gasteiger partial charge in [-0.15, -0.1) is 10.2 Å². The van der Waals surface area contributed by atoms with Crippen molar-refractivity contribution >= 4 is 15.7 Å². The molecule has 0 aliphatic carbocycles. The van der Waals surface area contributed by atoms with Gasteiger partial charge in [-0.1, -0.05) is 36.4 Å². The van der Waals surface area contributed by atoms with Crippen LogP contribution < -0.4 is 9.04 Å². The quantitative estimate of drug-likeness (QED) is 0.436. The fraction of sp³-hybridized carbons (Fsp3) is 0.167. The summed E-state index contributed by atoms with van der Waals surface area (Å²) < 4.78 is 39.5. The number of aryl methyl sites for hydroxylation is 1. The zero-order valence-electron chi connectivity index (χ0n) is 17.4. The van der Waals surface area contributed by atoms with Gasteiger partial charge in [-0.2, -0.15) is 0 Å². The molecule has 2 heterocycles. The Balaban J connectivity index is 1.37. The number of para-hydroxylation sites is 1. The van der Waals surface area contributed by atoms with E-state index in [1.165, 1.54) is 4.31 Å². The third-order valence-electron chi connectivity index (χ3n) is 5.33. The van der Waals surface area contributed by atoms with Crippen molar-refractivity contribution in [1.29, 1.82) is 0 Å². The van der Waals surface area contributed by atoms with Crippen molar-refractivity contribution in [1.82, 2.24) is 10.2 Å². The van der Waals surface area contributed by atoms with Gasteiger partial charge in [0.15, 0.2) is 6.61 Å². The van der Waals surface area contributed by atoms with Gasteiger partial charge >= 0.3 is 0 Å². The van der Waals surface area contributed by atoms with Crippen LogP contribution in [0.2, 0.25) is 0 Å². The molecule has 0 saturated heterocycles. The zero-order chi connectivity index (χ0) is 22.1. The van der Waals surface area contributed by atoms with E-state index in [9.17, 15) is 8.42 Å². The van der Waals surface area contributed by atoms with Crippen molar-refractivity contribution in [3.05, 3.63) is 89.8 Å². The summed E-state index contributed by atoms with van der Waals surface area (Å²) in [6.45, 7) is 2.53. The second kappa shape index (κ2) is 8.12. The zero-order valence-corrected chi connectivity index (χ0v) is 18.2. The van der Waals surface area contributed by atoms with Crippen molar-refractivity contribution in [2.75, 3.05) is 10.8 Å². The number of benzene rings is 3. The molecule has 1 aromatic heterocycles. The molecule has 162 valence electrons. The standard InChI is InChI=1S/C24H21N3O4S/c1-17-6-4-9-20(14-17)30-16-23-25-26-24(31-23)19-8-5-10-21(15-19)32(28,29)27-13-12-18-7-2-3-11-22(18)27/h2-11,14-15H,12-13,16H2,1H3. The van der Waals surface area contributed by atoms with Gasteiger partial charge < -0.3 is 9.15 Å². The van der Waals surface area contributed by atoms with E-state index < -0.39 is 10.0 Å². The average molecular weight is 448 g/mol. The molecule has 32 heavy (non-hydrogen) atoms. The number of fused-ring (bicyclic) bond motifs is 1. The largest absolute Gasteiger partial charge is 0.484 e. The normalized spacial score (nSPS) is 13.2. The van der Waals surface area contributed by atoms with E-state index >= 15 is 0 Å². The van der Waals surface area contributed by atoms with Gasteiger partial charge in [-0.25, -0.2) is 8.42 Å². The molecule has 0 fully saturated rings. The average Bonchev–Trinajstić information content (AvgIpc) is 3.45. The molecule has 7 nitrogen and oxygen atoms in total. The topological polar surface area (TPSA) is 85.5 Å². The minimum atomic E-state index is -3.71. The highest BCUT2D eigenvalue weighted by Crippen LogP contribution is 2.33. The van der Waals surface area contributed by atoms with Crippen LogP contribution in [0.5, 0.6) is 5.75 Å². The number of rotatable bonds is 6. The maximum atomic E-state index is 13.3. The van der Waals surface area contributed by atoms with Crippen molar-refractivity contribution in [3.63, 3.8) is 0 Å². The van der Waals surface area contributed by atoms with Gasteiger partial charge in [0, 0.05) is 12.1 Å². The number of aromatic nitrogens is 2. The summed E-state index contributed by atoms with van der Waals surface area (Å²) in [6, 6.07) is 21.8.